The number of hydrogen-bond acceptors (Lipinski definition) is 4. The molecule has 2 aromatic rings. The Morgan fingerprint density at radius 3 is 2.47 bits per heavy atom. The maximum atomic E-state index is 5.70. The summed E-state index contributed by atoms with van der Waals surface area (Å²) in [6, 6.07) is 5.99. The van der Waals surface area contributed by atoms with Crippen molar-refractivity contribution in [1.29, 1.82) is 0 Å². The lowest BCUT2D eigenvalue weighted by Crippen LogP contribution is -1.99. The number of aryl methyl sites for hydroxylation is 2. The second kappa shape index (κ2) is 4.41. The van der Waals surface area contributed by atoms with E-state index in [1.807, 2.05) is 26.8 Å². The van der Waals surface area contributed by atoms with Crippen LogP contribution in [0.1, 0.15) is 16.7 Å². The van der Waals surface area contributed by atoms with Crippen LogP contribution in [-0.4, -0.2) is 9.97 Å². The number of nitrogens with two attached hydrogens (primary N) is 1. The van der Waals surface area contributed by atoms with Gasteiger partial charge in [-0.05, 0) is 43.5 Å². The molecule has 4 heteroatoms. The number of nitrogens with zero attached hydrogens (tertiary/aromatic N) is 2. The van der Waals surface area contributed by atoms with Crippen LogP contribution in [0.5, 0.6) is 11.8 Å². The zero-order valence-corrected chi connectivity index (χ0v) is 10.2. The number of rotatable bonds is 2. The Labute approximate surface area is 100 Å². The van der Waals surface area contributed by atoms with Crippen LogP contribution in [0, 0.1) is 20.8 Å². The van der Waals surface area contributed by atoms with Gasteiger partial charge in [0.1, 0.15) is 11.6 Å². The molecule has 1 heterocycles. The van der Waals surface area contributed by atoms with Crippen molar-refractivity contribution < 1.29 is 4.74 Å². The van der Waals surface area contributed by atoms with Gasteiger partial charge in [-0.1, -0.05) is 12.1 Å². The summed E-state index contributed by atoms with van der Waals surface area (Å²) >= 11 is 0. The molecular weight excluding hydrogens is 214 g/mol. The zero-order chi connectivity index (χ0) is 12.4. The Morgan fingerprint density at radius 1 is 1.06 bits per heavy atom. The van der Waals surface area contributed by atoms with Gasteiger partial charge in [-0.3, -0.25) is 0 Å². The molecule has 0 saturated carbocycles. The highest BCUT2D eigenvalue weighted by Gasteiger charge is 2.09. The molecule has 2 rings (SSSR count). The summed E-state index contributed by atoms with van der Waals surface area (Å²) < 4.78 is 5.70. The maximum Gasteiger partial charge on any atom is 0.323 e. The highest BCUT2D eigenvalue weighted by atomic mass is 16.5. The normalized spacial score (nSPS) is 10.3. The number of aromatic nitrogens is 2. The summed E-state index contributed by atoms with van der Waals surface area (Å²) in [5.41, 5.74) is 8.91. The fourth-order valence-corrected chi connectivity index (χ4v) is 1.58. The van der Waals surface area contributed by atoms with Crippen molar-refractivity contribution in [3.8, 4) is 11.8 Å². The molecule has 1 aromatic carbocycles. The minimum Gasteiger partial charge on any atom is -0.424 e. The van der Waals surface area contributed by atoms with Crippen molar-refractivity contribution in [2.24, 2.45) is 0 Å². The molecular formula is C13H15N3O. The van der Waals surface area contributed by atoms with E-state index in [1.54, 1.807) is 12.3 Å². The van der Waals surface area contributed by atoms with Gasteiger partial charge in [0.2, 0.25) is 0 Å². The lowest BCUT2D eigenvalue weighted by atomic mass is 10.1. The van der Waals surface area contributed by atoms with Gasteiger partial charge in [-0.2, -0.15) is 4.98 Å². The van der Waals surface area contributed by atoms with Crippen molar-refractivity contribution in [3.05, 3.63) is 41.1 Å². The summed E-state index contributed by atoms with van der Waals surface area (Å²) in [5.74, 6) is 1.20. The molecule has 1 aromatic heterocycles. The maximum absolute atomic E-state index is 5.70. The van der Waals surface area contributed by atoms with Gasteiger partial charge in [-0.25, -0.2) is 4.98 Å². The summed E-state index contributed by atoms with van der Waals surface area (Å²) in [5, 5.41) is 0. The molecule has 0 fully saturated rings. The molecule has 0 unspecified atom stereocenters. The third-order valence-electron chi connectivity index (χ3n) is 2.72. The van der Waals surface area contributed by atoms with Gasteiger partial charge in [0, 0.05) is 6.20 Å². The largest absolute Gasteiger partial charge is 0.424 e. The monoisotopic (exact) mass is 229 g/mol. The van der Waals surface area contributed by atoms with Crippen molar-refractivity contribution in [1.82, 2.24) is 9.97 Å². The molecule has 0 saturated heterocycles. The molecule has 17 heavy (non-hydrogen) atoms. The molecule has 0 aliphatic carbocycles. The Kier molecular flexibility index (Phi) is 2.95. The fraction of sp³-hybridized carbons (Fsp3) is 0.231. The smallest absolute Gasteiger partial charge is 0.323 e. The summed E-state index contributed by atoms with van der Waals surface area (Å²) in [6.45, 7) is 6.06. The SMILES string of the molecule is Cc1ccc(C)c(Oc2nccc(N)n2)c1C. The first-order valence-electron chi connectivity index (χ1n) is 5.41. The standard InChI is InChI=1S/C13H15N3O/c1-8-4-5-9(2)12(10(8)3)17-13-15-7-6-11(14)16-13/h4-7H,1-3H3,(H2,14,15,16). The van der Waals surface area contributed by atoms with Crippen LogP contribution in [0.2, 0.25) is 0 Å². The van der Waals surface area contributed by atoms with E-state index < -0.39 is 0 Å². The topological polar surface area (TPSA) is 61.0 Å². The van der Waals surface area contributed by atoms with Gasteiger partial charge >= 0.3 is 6.01 Å². The quantitative estimate of drug-likeness (QED) is 0.860. The zero-order valence-electron chi connectivity index (χ0n) is 10.2. The van der Waals surface area contributed by atoms with E-state index in [4.69, 9.17) is 10.5 Å². The van der Waals surface area contributed by atoms with Crippen molar-refractivity contribution in [3.63, 3.8) is 0 Å². The third-order valence-corrected chi connectivity index (χ3v) is 2.72. The highest BCUT2D eigenvalue weighted by molar-refractivity contribution is 5.45. The van der Waals surface area contributed by atoms with Crippen LogP contribution in [0.15, 0.2) is 24.4 Å². The lowest BCUT2D eigenvalue weighted by Gasteiger charge is -2.12. The lowest BCUT2D eigenvalue weighted by molar-refractivity contribution is 0.436. The molecule has 0 aliphatic rings. The summed E-state index contributed by atoms with van der Waals surface area (Å²) in [7, 11) is 0. The molecule has 88 valence electrons. The van der Waals surface area contributed by atoms with Crippen LogP contribution in [-0.2, 0) is 0 Å². The van der Waals surface area contributed by atoms with Crippen LogP contribution < -0.4 is 10.5 Å². The molecule has 0 amide bonds. The van der Waals surface area contributed by atoms with E-state index in [9.17, 15) is 0 Å². The summed E-state index contributed by atoms with van der Waals surface area (Å²) in [4.78, 5) is 8.06. The fourth-order valence-electron chi connectivity index (χ4n) is 1.58. The molecule has 0 bridgehead atoms. The van der Waals surface area contributed by atoms with Crippen molar-refractivity contribution >= 4 is 5.82 Å². The molecule has 4 nitrogen and oxygen atoms in total. The molecule has 0 radical (unpaired) electrons. The van der Waals surface area contributed by atoms with E-state index in [-0.39, 0.29) is 6.01 Å². The van der Waals surface area contributed by atoms with Crippen molar-refractivity contribution in [2.45, 2.75) is 20.8 Å². The average Bonchev–Trinajstić information content (AvgIpc) is 2.30. The van der Waals surface area contributed by atoms with E-state index in [0.29, 0.717) is 5.82 Å². The number of nitrogen functional groups attached to an aromatic ring is 1. The average molecular weight is 229 g/mol. The van der Waals surface area contributed by atoms with Crippen LogP contribution in [0.25, 0.3) is 0 Å². The van der Waals surface area contributed by atoms with Crippen LogP contribution >= 0.6 is 0 Å². The van der Waals surface area contributed by atoms with Gasteiger partial charge in [-0.15, -0.1) is 0 Å². The Hall–Kier alpha value is -2.10. The predicted octanol–water partition coefficient (Wildman–Crippen LogP) is 2.78. The number of anilines is 1. The van der Waals surface area contributed by atoms with Gasteiger partial charge in [0.05, 0.1) is 0 Å². The second-order valence-electron chi connectivity index (χ2n) is 4.02. The molecule has 0 atom stereocenters. The minimum atomic E-state index is 0.279. The van der Waals surface area contributed by atoms with E-state index in [1.165, 1.54) is 5.56 Å². The summed E-state index contributed by atoms with van der Waals surface area (Å²) in [6.07, 6.45) is 1.58. The molecule has 2 N–H and O–H groups in total. The van der Waals surface area contributed by atoms with Gasteiger partial charge < -0.3 is 10.5 Å². The first-order chi connectivity index (χ1) is 8.08. The first kappa shape index (κ1) is 11.4. The highest BCUT2D eigenvalue weighted by Crippen LogP contribution is 2.28. The number of ether oxygens (including phenoxy) is 1. The van der Waals surface area contributed by atoms with E-state index in [0.717, 1.165) is 16.9 Å². The Morgan fingerprint density at radius 2 is 1.76 bits per heavy atom. The van der Waals surface area contributed by atoms with E-state index in [2.05, 4.69) is 16.0 Å². The predicted molar refractivity (Wildman–Crippen MR) is 67.2 cm³/mol. The molecule has 0 aliphatic heterocycles. The van der Waals surface area contributed by atoms with Gasteiger partial charge in [0.25, 0.3) is 0 Å². The Balaban J connectivity index is 2.39. The van der Waals surface area contributed by atoms with E-state index >= 15 is 0 Å². The number of benzene rings is 1. The first-order valence-corrected chi connectivity index (χ1v) is 5.41. The third kappa shape index (κ3) is 2.36. The van der Waals surface area contributed by atoms with Crippen molar-refractivity contribution in [2.75, 3.05) is 5.73 Å². The second-order valence-corrected chi connectivity index (χ2v) is 4.02. The van der Waals surface area contributed by atoms with Crippen LogP contribution in [0.4, 0.5) is 5.82 Å². The van der Waals surface area contributed by atoms with Crippen LogP contribution in [0.3, 0.4) is 0 Å². The molecule has 0 spiro atoms. The Bertz CT molecular complexity index is 552. The number of hydrogen-bond donors (Lipinski definition) is 1. The van der Waals surface area contributed by atoms with Gasteiger partial charge in [0.15, 0.2) is 0 Å². The minimum absolute atomic E-state index is 0.279.